The standard InChI is InChI=1S/C21H25B2N3O6/c24-7-10-32-21(27)20-11-16(12-25-8-1-3-18(14-25)22(28)29)5-6-17(20)13-26-9-2-4-19(15-26)23(30)31/h1-6,8-9,11,14-15,28-31H,7,10,12-13,24H2/q+2. The summed E-state index contributed by atoms with van der Waals surface area (Å²) >= 11 is 0. The van der Waals surface area contributed by atoms with Crippen LogP contribution in [0.3, 0.4) is 0 Å². The summed E-state index contributed by atoms with van der Waals surface area (Å²) in [6.07, 6.45) is 6.76. The van der Waals surface area contributed by atoms with Gasteiger partial charge >= 0.3 is 20.2 Å². The SMILES string of the molecule is NCCOC(=O)c1cc(C[n+]2cccc(B(O)O)c2)ccc1C[n+]1cccc(B(O)O)c1. The number of esters is 1. The predicted molar refractivity (Wildman–Crippen MR) is 117 cm³/mol. The van der Waals surface area contributed by atoms with Crippen molar-refractivity contribution in [2.45, 2.75) is 13.1 Å². The molecule has 0 bridgehead atoms. The zero-order chi connectivity index (χ0) is 23.1. The van der Waals surface area contributed by atoms with Crippen LogP contribution in [0.5, 0.6) is 0 Å². The molecule has 0 radical (unpaired) electrons. The topological polar surface area (TPSA) is 141 Å². The van der Waals surface area contributed by atoms with Gasteiger partial charge < -0.3 is 30.6 Å². The van der Waals surface area contributed by atoms with Crippen molar-refractivity contribution in [1.82, 2.24) is 0 Å². The second kappa shape index (κ2) is 11.0. The monoisotopic (exact) mass is 437 g/mol. The van der Waals surface area contributed by atoms with E-state index in [-0.39, 0.29) is 13.2 Å². The van der Waals surface area contributed by atoms with E-state index in [9.17, 15) is 24.9 Å². The molecule has 0 aliphatic carbocycles. The Balaban J connectivity index is 1.91. The van der Waals surface area contributed by atoms with Gasteiger partial charge in [0, 0.05) is 40.7 Å². The molecule has 0 amide bonds. The molecule has 3 rings (SSSR count). The molecule has 0 aliphatic rings. The third-order valence-electron chi connectivity index (χ3n) is 4.82. The predicted octanol–water partition coefficient (Wildman–Crippen LogP) is -3.17. The van der Waals surface area contributed by atoms with E-state index in [2.05, 4.69) is 0 Å². The fraction of sp³-hybridized carbons (Fsp3) is 0.190. The van der Waals surface area contributed by atoms with Gasteiger partial charge in [-0.1, -0.05) is 24.3 Å². The number of ether oxygens (including phenoxy) is 1. The smallest absolute Gasteiger partial charge is 0.461 e. The Morgan fingerprint density at radius 1 is 0.906 bits per heavy atom. The zero-order valence-electron chi connectivity index (χ0n) is 17.4. The maximum atomic E-state index is 12.7. The van der Waals surface area contributed by atoms with E-state index in [0.717, 1.165) is 5.56 Å². The molecule has 2 heterocycles. The lowest BCUT2D eigenvalue weighted by atomic mass is 9.82. The molecule has 0 atom stereocenters. The molecular weight excluding hydrogens is 412 g/mol. The molecule has 0 spiro atoms. The average Bonchev–Trinajstić information content (AvgIpc) is 2.78. The number of hydrogen-bond donors (Lipinski definition) is 5. The molecule has 11 heteroatoms. The lowest BCUT2D eigenvalue weighted by Gasteiger charge is -2.10. The first-order valence-corrected chi connectivity index (χ1v) is 10.1. The molecule has 0 saturated carbocycles. The Kier molecular flexibility index (Phi) is 8.09. The number of rotatable bonds is 9. The fourth-order valence-corrected chi connectivity index (χ4v) is 3.27. The molecule has 0 unspecified atom stereocenters. The first-order chi connectivity index (χ1) is 15.4. The van der Waals surface area contributed by atoms with Crippen molar-refractivity contribution in [1.29, 1.82) is 0 Å². The minimum atomic E-state index is -1.59. The molecule has 0 saturated heterocycles. The lowest BCUT2D eigenvalue weighted by Crippen LogP contribution is -2.42. The summed E-state index contributed by atoms with van der Waals surface area (Å²) < 4.78 is 8.77. The van der Waals surface area contributed by atoms with Crippen LogP contribution in [0.15, 0.2) is 67.3 Å². The van der Waals surface area contributed by atoms with Gasteiger partial charge in [0.2, 0.25) is 0 Å². The summed E-state index contributed by atoms with van der Waals surface area (Å²) in [5.41, 5.74) is 8.02. The largest absolute Gasteiger partial charge is 0.494 e. The van der Waals surface area contributed by atoms with Gasteiger partial charge in [-0.05, 0) is 6.07 Å². The Labute approximate surface area is 186 Å². The highest BCUT2D eigenvalue weighted by Gasteiger charge is 2.21. The zero-order valence-corrected chi connectivity index (χ0v) is 17.4. The number of benzene rings is 1. The number of nitrogens with zero attached hydrogens (tertiary/aromatic N) is 2. The van der Waals surface area contributed by atoms with E-state index in [0.29, 0.717) is 35.1 Å². The minimum absolute atomic E-state index is 0.0903. The Hall–Kier alpha value is -3.08. The van der Waals surface area contributed by atoms with Gasteiger partial charge in [-0.15, -0.1) is 0 Å². The number of carbonyl (C=O) groups excluding carboxylic acids is 1. The lowest BCUT2D eigenvalue weighted by molar-refractivity contribution is -0.688. The Morgan fingerprint density at radius 2 is 1.50 bits per heavy atom. The summed E-state index contributed by atoms with van der Waals surface area (Å²) in [5.74, 6) is -0.504. The van der Waals surface area contributed by atoms with Crippen molar-refractivity contribution in [3.05, 3.63) is 83.9 Å². The van der Waals surface area contributed by atoms with Crippen LogP contribution in [0, 0.1) is 0 Å². The van der Waals surface area contributed by atoms with Crippen LogP contribution in [-0.4, -0.2) is 53.5 Å². The highest BCUT2D eigenvalue weighted by molar-refractivity contribution is 6.58. The second-order valence-corrected chi connectivity index (χ2v) is 7.28. The number of carbonyl (C=O) groups is 1. The van der Waals surface area contributed by atoms with Crippen LogP contribution in [0.1, 0.15) is 21.5 Å². The van der Waals surface area contributed by atoms with Gasteiger partial charge in [-0.3, -0.25) is 0 Å². The summed E-state index contributed by atoms with van der Waals surface area (Å²) in [4.78, 5) is 12.7. The molecule has 164 valence electrons. The van der Waals surface area contributed by atoms with Gasteiger partial charge in [-0.25, -0.2) is 13.9 Å². The van der Waals surface area contributed by atoms with Crippen LogP contribution in [0.2, 0.25) is 0 Å². The maximum absolute atomic E-state index is 12.7. The van der Waals surface area contributed by atoms with Gasteiger partial charge in [-0.2, -0.15) is 0 Å². The summed E-state index contributed by atoms with van der Waals surface area (Å²) in [5, 5.41) is 37.6. The van der Waals surface area contributed by atoms with E-state index in [1.165, 1.54) is 0 Å². The first-order valence-electron chi connectivity index (χ1n) is 10.1. The van der Waals surface area contributed by atoms with Crippen molar-refractivity contribution in [3.63, 3.8) is 0 Å². The molecule has 0 aliphatic heterocycles. The molecule has 1 aromatic carbocycles. The first kappa shape index (κ1) is 23.6. The van der Waals surface area contributed by atoms with Crippen LogP contribution in [-0.2, 0) is 17.8 Å². The number of pyridine rings is 2. The molecule has 3 aromatic rings. The minimum Gasteiger partial charge on any atom is -0.461 e. The van der Waals surface area contributed by atoms with Gasteiger partial charge in [0.1, 0.15) is 6.61 Å². The van der Waals surface area contributed by atoms with E-state index in [1.54, 1.807) is 64.3 Å². The summed E-state index contributed by atoms with van der Waals surface area (Å²) in [7, 11) is -3.17. The summed E-state index contributed by atoms with van der Waals surface area (Å²) in [6, 6.07) is 12.0. The second-order valence-electron chi connectivity index (χ2n) is 7.28. The number of aromatic nitrogens is 2. The van der Waals surface area contributed by atoms with Crippen LogP contribution >= 0.6 is 0 Å². The van der Waals surface area contributed by atoms with E-state index in [4.69, 9.17) is 10.5 Å². The van der Waals surface area contributed by atoms with Crippen molar-refractivity contribution in [2.75, 3.05) is 13.2 Å². The van der Waals surface area contributed by atoms with E-state index < -0.39 is 20.2 Å². The quantitative estimate of drug-likeness (QED) is 0.135. The molecule has 0 fully saturated rings. The van der Waals surface area contributed by atoms with Gasteiger partial charge in [0.05, 0.1) is 5.56 Å². The maximum Gasteiger partial charge on any atom is 0.494 e. The van der Waals surface area contributed by atoms with Crippen molar-refractivity contribution in [2.24, 2.45) is 5.73 Å². The average molecular weight is 437 g/mol. The normalized spacial score (nSPS) is 10.7. The number of nitrogens with two attached hydrogens (primary N) is 1. The third-order valence-corrected chi connectivity index (χ3v) is 4.82. The molecule has 6 N–H and O–H groups in total. The van der Waals surface area contributed by atoms with Gasteiger partial charge in [0.15, 0.2) is 37.9 Å². The van der Waals surface area contributed by atoms with Crippen LogP contribution < -0.4 is 25.8 Å². The van der Waals surface area contributed by atoms with E-state index >= 15 is 0 Å². The van der Waals surface area contributed by atoms with Crippen molar-refractivity contribution >= 4 is 31.1 Å². The van der Waals surface area contributed by atoms with Crippen molar-refractivity contribution in [3.8, 4) is 0 Å². The number of hydrogen-bond acceptors (Lipinski definition) is 7. The molecule has 2 aromatic heterocycles. The van der Waals surface area contributed by atoms with E-state index in [1.807, 2.05) is 12.1 Å². The van der Waals surface area contributed by atoms with Crippen LogP contribution in [0.25, 0.3) is 0 Å². The van der Waals surface area contributed by atoms with Gasteiger partial charge in [0.25, 0.3) is 0 Å². The third kappa shape index (κ3) is 6.22. The van der Waals surface area contributed by atoms with Crippen molar-refractivity contribution < 1.29 is 38.8 Å². The Bertz CT molecular complexity index is 1080. The molecular formula is C21H25B2N3O6+2. The fourth-order valence-electron chi connectivity index (χ4n) is 3.27. The highest BCUT2D eigenvalue weighted by atomic mass is 16.5. The molecule has 9 nitrogen and oxygen atoms in total. The highest BCUT2D eigenvalue weighted by Crippen LogP contribution is 2.14. The molecule has 32 heavy (non-hydrogen) atoms. The Morgan fingerprint density at radius 3 is 2.06 bits per heavy atom. The van der Waals surface area contributed by atoms with Crippen LogP contribution in [0.4, 0.5) is 0 Å². The summed E-state index contributed by atoms with van der Waals surface area (Å²) in [6.45, 7) is 1.01.